The molecule has 1 N–H and O–H groups in total. The highest BCUT2D eigenvalue weighted by Crippen LogP contribution is 2.19. The number of thiophene rings is 1. The highest BCUT2D eigenvalue weighted by molar-refractivity contribution is 9.10. The van der Waals surface area contributed by atoms with Crippen LogP contribution in [0.5, 0.6) is 0 Å². The van der Waals surface area contributed by atoms with E-state index in [-0.39, 0.29) is 6.61 Å². The van der Waals surface area contributed by atoms with E-state index in [1.165, 1.54) is 11.1 Å². The first-order valence-corrected chi connectivity index (χ1v) is 7.88. The molecule has 1 atom stereocenters. The lowest BCUT2D eigenvalue weighted by molar-refractivity contribution is 0.218. The van der Waals surface area contributed by atoms with E-state index in [9.17, 15) is 5.11 Å². The molecule has 0 aliphatic heterocycles. The second-order valence-electron chi connectivity index (χ2n) is 4.55. The largest absolute Gasteiger partial charge is 0.396 e. The van der Waals surface area contributed by atoms with Crippen molar-refractivity contribution in [2.24, 2.45) is 5.92 Å². The monoisotopic (exact) mass is 324 g/mol. The van der Waals surface area contributed by atoms with Crippen molar-refractivity contribution in [3.8, 4) is 0 Å². The second-order valence-corrected chi connectivity index (χ2v) is 6.25. The highest BCUT2D eigenvalue weighted by Gasteiger charge is 2.09. The molecule has 2 rings (SSSR count). The zero-order chi connectivity index (χ0) is 12.8. The smallest absolute Gasteiger partial charge is 0.0462 e. The van der Waals surface area contributed by atoms with Crippen LogP contribution in [0.1, 0.15) is 17.5 Å². The molecule has 0 amide bonds. The average molecular weight is 325 g/mol. The maximum Gasteiger partial charge on any atom is 0.0462 e. The number of aliphatic hydroxyl groups is 1. The fourth-order valence-electron chi connectivity index (χ4n) is 2.06. The van der Waals surface area contributed by atoms with Crippen LogP contribution in [0.25, 0.3) is 0 Å². The third-order valence-electron chi connectivity index (χ3n) is 3.09. The van der Waals surface area contributed by atoms with Crippen LogP contribution >= 0.6 is 27.3 Å². The molecule has 0 saturated heterocycles. The number of hydrogen-bond acceptors (Lipinski definition) is 2. The minimum absolute atomic E-state index is 0.261. The first-order chi connectivity index (χ1) is 8.78. The summed E-state index contributed by atoms with van der Waals surface area (Å²) in [4.78, 5) is 0. The van der Waals surface area contributed by atoms with Crippen molar-refractivity contribution in [3.05, 3.63) is 56.7 Å². The van der Waals surface area contributed by atoms with E-state index in [4.69, 9.17) is 0 Å². The molecule has 18 heavy (non-hydrogen) atoms. The second kappa shape index (κ2) is 7.07. The minimum Gasteiger partial charge on any atom is -0.396 e. The summed E-state index contributed by atoms with van der Waals surface area (Å²) in [6.45, 7) is 0.261. The van der Waals surface area contributed by atoms with E-state index in [1.54, 1.807) is 11.3 Å². The minimum atomic E-state index is 0.261. The molecule has 96 valence electrons. The molecular formula is C15H17BrOS. The third-order valence-corrected chi connectivity index (χ3v) is 4.32. The zero-order valence-electron chi connectivity index (χ0n) is 10.2. The SMILES string of the molecule is OCC(CCc1ccsc1)Cc1cccc(Br)c1. The Bertz CT molecular complexity index is 467. The summed E-state index contributed by atoms with van der Waals surface area (Å²) in [5, 5.41) is 13.8. The Morgan fingerprint density at radius 1 is 1.22 bits per heavy atom. The highest BCUT2D eigenvalue weighted by atomic mass is 79.9. The van der Waals surface area contributed by atoms with Crippen molar-refractivity contribution in [2.45, 2.75) is 19.3 Å². The Hall–Kier alpha value is -0.640. The molecule has 0 saturated carbocycles. The van der Waals surface area contributed by atoms with Crippen molar-refractivity contribution in [1.29, 1.82) is 0 Å². The van der Waals surface area contributed by atoms with E-state index >= 15 is 0 Å². The topological polar surface area (TPSA) is 20.2 Å². The van der Waals surface area contributed by atoms with Crippen molar-refractivity contribution in [1.82, 2.24) is 0 Å². The van der Waals surface area contributed by atoms with E-state index in [2.05, 4.69) is 44.9 Å². The van der Waals surface area contributed by atoms with E-state index in [0.717, 1.165) is 23.7 Å². The van der Waals surface area contributed by atoms with Crippen LogP contribution < -0.4 is 0 Å². The predicted molar refractivity (Wildman–Crippen MR) is 81.1 cm³/mol. The number of benzene rings is 1. The predicted octanol–water partition coefficient (Wildman–Crippen LogP) is 4.29. The molecule has 0 radical (unpaired) electrons. The van der Waals surface area contributed by atoms with Crippen molar-refractivity contribution < 1.29 is 5.11 Å². The first kappa shape index (κ1) is 13.8. The van der Waals surface area contributed by atoms with Crippen molar-refractivity contribution >= 4 is 27.3 Å². The van der Waals surface area contributed by atoms with E-state index < -0.39 is 0 Å². The molecular weight excluding hydrogens is 308 g/mol. The Morgan fingerprint density at radius 3 is 2.78 bits per heavy atom. The van der Waals surface area contributed by atoms with Crippen molar-refractivity contribution in [3.63, 3.8) is 0 Å². The molecule has 1 nitrogen and oxygen atoms in total. The maximum absolute atomic E-state index is 9.48. The van der Waals surface area contributed by atoms with Gasteiger partial charge in [0.05, 0.1) is 0 Å². The number of hydrogen-bond donors (Lipinski definition) is 1. The lowest BCUT2D eigenvalue weighted by Gasteiger charge is -2.14. The van der Waals surface area contributed by atoms with Gasteiger partial charge in [-0.2, -0.15) is 11.3 Å². The molecule has 1 aromatic carbocycles. The molecule has 0 aliphatic carbocycles. The van der Waals surface area contributed by atoms with Crippen LogP contribution in [0.3, 0.4) is 0 Å². The van der Waals surface area contributed by atoms with Gasteiger partial charge in [0.15, 0.2) is 0 Å². The van der Waals surface area contributed by atoms with Crippen LogP contribution in [0, 0.1) is 5.92 Å². The van der Waals surface area contributed by atoms with E-state index in [1.807, 2.05) is 12.1 Å². The van der Waals surface area contributed by atoms with Gasteiger partial charge in [-0.15, -0.1) is 0 Å². The van der Waals surface area contributed by atoms with Crippen LogP contribution in [-0.2, 0) is 12.8 Å². The third kappa shape index (κ3) is 4.23. The summed E-state index contributed by atoms with van der Waals surface area (Å²) in [5.74, 6) is 0.346. The summed E-state index contributed by atoms with van der Waals surface area (Å²) in [6.07, 6.45) is 3.04. The van der Waals surface area contributed by atoms with E-state index in [0.29, 0.717) is 5.92 Å². The Labute approximate surface area is 121 Å². The zero-order valence-corrected chi connectivity index (χ0v) is 12.6. The molecule has 0 fully saturated rings. The van der Waals surface area contributed by atoms with Crippen LogP contribution in [0.2, 0.25) is 0 Å². The normalized spacial score (nSPS) is 12.6. The van der Waals surface area contributed by atoms with Gasteiger partial charge in [-0.05, 0) is 65.3 Å². The van der Waals surface area contributed by atoms with Gasteiger partial charge >= 0.3 is 0 Å². The fraction of sp³-hybridized carbons (Fsp3) is 0.333. The summed E-state index contributed by atoms with van der Waals surface area (Å²) in [6, 6.07) is 10.5. The average Bonchev–Trinajstić information content (AvgIpc) is 2.87. The molecule has 0 bridgehead atoms. The van der Waals surface area contributed by atoms with Crippen molar-refractivity contribution in [2.75, 3.05) is 6.61 Å². The molecule has 3 heteroatoms. The summed E-state index contributed by atoms with van der Waals surface area (Å²) >= 11 is 5.22. The molecule has 1 heterocycles. The van der Waals surface area contributed by atoms with Gasteiger partial charge < -0.3 is 5.11 Å². The lowest BCUT2D eigenvalue weighted by atomic mass is 9.94. The standard InChI is InChI=1S/C15H17BrOS/c16-15-3-1-2-13(9-15)8-14(10-17)5-4-12-6-7-18-11-12/h1-3,6-7,9,11,14,17H,4-5,8,10H2. The molecule has 0 spiro atoms. The molecule has 2 aromatic rings. The number of rotatable bonds is 6. The van der Waals surface area contributed by atoms with Gasteiger partial charge in [-0.25, -0.2) is 0 Å². The Morgan fingerprint density at radius 2 is 2.11 bits per heavy atom. The molecule has 0 aliphatic rings. The number of halogens is 1. The summed E-state index contributed by atoms with van der Waals surface area (Å²) < 4.78 is 1.11. The fourth-order valence-corrected chi connectivity index (χ4v) is 3.21. The molecule has 1 aromatic heterocycles. The van der Waals surface area contributed by atoms with Gasteiger partial charge in [0.1, 0.15) is 0 Å². The number of aryl methyl sites for hydroxylation is 1. The van der Waals surface area contributed by atoms with Gasteiger partial charge in [-0.3, -0.25) is 0 Å². The summed E-state index contributed by atoms with van der Waals surface area (Å²) in [7, 11) is 0. The Balaban J connectivity index is 1.89. The van der Waals surface area contributed by atoms with Gasteiger partial charge in [0.2, 0.25) is 0 Å². The summed E-state index contributed by atoms with van der Waals surface area (Å²) in [5.41, 5.74) is 2.67. The first-order valence-electron chi connectivity index (χ1n) is 6.14. The van der Waals surface area contributed by atoms with Gasteiger partial charge in [0.25, 0.3) is 0 Å². The maximum atomic E-state index is 9.48. The molecule has 1 unspecified atom stereocenters. The van der Waals surface area contributed by atoms with Gasteiger partial charge in [-0.1, -0.05) is 28.1 Å². The number of aliphatic hydroxyl groups excluding tert-OH is 1. The quantitative estimate of drug-likeness (QED) is 0.840. The van der Waals surface area contributed by atoms with Crippen LogP contribution in [0.4, 0.5) is 0 Å². The van der Waals surface area contributed by atoms with Gasteiger partial charge in [0, 0.05) is 11.1 Å². The van der Waals surface area contributed by atoms with Crippen LogP contribution in [0.15, 0.2) is 45.6 Å². The Kier molecular flexibility index (Phi) is 5.42. The lowest BCUT2D eigenvalue weighted by Crippen LogP contribution is -2.10. The van der Waals surface area contributed by atoms with Crippen LogP contribution in [-0.4, -0.2) is 11.7 Å².